The van der Waals surface area contributed by atoms with Gasteiger partial charge in [0.2, 0.25) is 0 Å². The van der Waals surface area contributed by atoms with E-state index in [0.717, 1.165) is 44.6 Å². The maximum atomic E-state index is 10.6. The van der Waals surface area contributed by atoms with E-state index in [1.54, 1.807) is 11.3 Å². The molecule has 3 aliphatic heterocycles. The number of hydrogen-bond donors (Lipinski definition) is 2. The fourth-order valence-electron chi connectivity index (χ4n) is 4.38. The van der Waals surface area contributed by atoms with Crippen LogP contribution in [0.15, 0.2) is 11.6 Å². The molecule has 16 heteroatoms. The molecular formula is C21H29F6N3O6S. The number of carboxylic acid groups (broad SMARTS) is 2. The number of ether oxygens (including phenoxy) is 2. The lowest BCUT2D eigenvalue weighted by molar-refractivity contribution is -0.193. The number of anilines is 1. The topological polar surface area (TPSA) is 112 Å². The van der Waals surface area contributed by atoms with Gasteiger partial charge in [0.05, 0.1) is 13.2 Å². The molecule has 1 unspecified atom stereocenters. The molecule has 3 saturated heterocycles. The second-order valence-electron chi connectivity index (χ2n) is 8.81. The number of carboxylic acids is 2. The number of nitrogens with zero attached hydrogens (tertiary/aromatic N) is 3. The Balaban J connectivity index is 0.000000286. The van der Waals surface area contributed by atoms with E-state index in [4.69, 9.17) is 29.3 Å². The van der Waals surface area contributed by atoms with Gasteiger partial charge >= 0.3 is 24.3 Å². The smallest absolute Gasteiger partial charge is 0.475 e. The largest absolute Gasteiger partial charge is 0.490 e. The second-order valence-corrected chi connectivity index (χ2v) is 9.69. The molecule has 37 heavy (non-hydrogen) atoms. The maximum Gasteiger partial charge on any atom is 0.490 e. The van der Waals surface area contributed by atoms with Gasteiger partial charge in [-0.1, -0.05) is 0 Å². The summed E-state index contributed by atoms with van der Waals surface area (Å²) in [5.74, 6) is -5.51. The molecular weight excluding hydrogens is 536 g/mol. The first kappa shape index (κ1) is 31.1. The minimum Gasteiger partial charge on any atom is -0.475 e. The summed E-state index contributed by atoms with van der Waals surface area (Å²) in [4.78, 5) is 27.5. The van der Waals surface area contributed by atoms with Gasteiger partial charge in [-0.3, -0.25) is 4.90 Å². The van der Waals surface area contributed by atoms with Gasteiger partial charge in [-0.15, -0.1) is 11.3 Å². The van der Waals surface area contributed by atoms with Crippen LogP contribution >= 0.6 is 11.3 Å². The summed E-state index contributed by atoms with van der Waals surface area (Å²) in [6.07, 6.45) is -3.32. The van der Waals surface area contributed by atoms with E-state index >= 15 is 0 Å². The number of carbonyl (C=O) groups is 2. The first-order chi connectivity index (χ1) is 17.2. The highest BCUT2D eigenvalue weighted by atomic mass is 32.1. The zero-order valence-electron chi connectivity index (χ0n) is 19.8. The van der Waals surface area contributed by atoms with E-state index in [1.165, 1.54) is 38.8 Å². The number of halogens is 6. The minimum absolute atomic E-state index is 0.263. The van der Waals surface area contributed by atoms with Crippen LogP contribution < -0.4 is 4.90 Å². The van der Waals surface area contributed by atoms with Crippen LogP contribution in [-0.2, 0) is 19.1 Å². The first-order valence-electron chi connectivity index (χ1n) is 11.4. The molecule has 4 heterocycles. The number of piperidine rings is 1. The summed E-state index contributed by atoms with van der Waals surface area (Å²) in [7, 11) is 0. The quantitative estimate of drug-likeness (QED) is 0.521. The zero-order valence-corrected chi connectivity index (χ0v) is 20.6. The summed E-state index contributed by atoms with van der Waals surface area (Å²) >= 11 is 1.74. The fraction of sp³-hybridized carbons (Fsp3) is 0.762. The summed E-state index contributed by atoms with van der Waals surface area (Å²) in [5, 5.41) is 17.5. The third-order valence-electron chi connectivity index (χ3n) is 6.01. The van der Waals surface area contributed by atoms with E-state index < -0.39 is 24.3 Å². The number of likely N-dealkylation sites (tertiary alicyclic amines) is 1. The molecule has 3 aliphatic rings. The summed E-state index contributed by atoms with van der Waals surface area (Å²) < 4.78 is 75.1. The Kier molecular flexibility index (Phi) is 11.4. The lowest BCUT2D eigenvalue weighted by Crippen LogP contribution is -2.54. The lowest BCUT2D eigenvalue weighted by Gasteiger charge is -2.47. The van der Waals surface area contributed by atoms with Gasteiger partial charge in [-0.2, -0.15) is 26.3 Å². The van der Waals surface area contributed by atoms with E-state index in [0.29, 0.717) is 6.04 Å². The highest BCUT2D eigenvalue weighted by molar-refractivity contribution is 7.13. The van der Waals surface area contributed by atoms with Gasteiger partial charge < -0.3 is 24.6 Å². The summed E-state index contributed by atoms with van der Waals surface area (Å²) in [6, 6.07) is 0.706. The number of aromatic nitrogens is 1. The molecule has 1 aromatic rings. The van der Waals surface area contributed by atoms with Crippen molar-refractivity contribution in [2.24, 2.45) is 5.41 Å². The van der Waals surface area contributed by atoms with Crippen LogP contribution in [0, 0.1) is 5.41 Å². The van der Waals surface area contributed by atoms with E-state index in [-0.39, 0.29) is 5.41 Å². The average Bonchev–Trinajstić information content (AvgIpc) is 3.29. The molecule has 1 aromatic heterocycles. The van der Waals surface area contributed by atoms with Gasteiger partial charge in [-0.25, -0.2) is 14.6 Å². The van der Waals surface area contributed by atoms with Crippen LogP contribution in [-0.4, -0.2) is 103 Å². The second kappa shape index (κ2) is 13.6. The highest BCUT2D eigenvalue weighted by Gasteiger charge is 2.41. The zero-order chi connectivity index (χ0) is 27.7. The van der Waals surface area contributed by atoms with Crippen molar-refractivity contribution in [3.8, 4) is 0 Å². The van der Waals surface area contributed by atoms with Crippen LogP contribution in [0.4, 0.5) is 31.5 Å². The number of alkyl halides is 6. The molecule has 0 bridgehead atoms. The first-order valence-corrected chi connectivity index (χ1v) is 12.3. The molecule has 2 N–H and O–H groups in total. The van der Waals surface area contributed by atoms with E-state index in [2.05, 4.69) is 20.2 Å². The third kappa shape index (κ3) is 10.2. The Labute approximate surface area is 213 Å². The van der Waals surface area contributed by atoms with Crippen LogP contribution in [0.3, 0.4) is 0 Å². The minimum atomic E-state index is -5.08. The number of thiazole rings is 1. The summed E-state index contributed by atoms with van der Waals surface area (Å²) in [6.45, 7) is 8.02. The van der Waals surface area contributed by atoms with Crippen LogP contribution in [0.2, 0.25) is 0 Å². The predicted octanol–water partition coefficient (Wildman–Crippen LogP) is 3.51. The van der Waals surface area contributed by atoms with Crippen LogP contribution in [0.1, 0.15) is 25.7 Å². The Morgan fingerprint density at radius 1 is 0.973 bits per heavy atom. The Morgan fingerprint density at radius 3 is 2.08 bits per heavy atom. The van der Waals surface area contributed by atoms with Gasteiger partial charge in [0, 0.05) is 55.9 Å². The van der Waals surface area contributed by atoms with Gasteiger partial charge in [0.25, 0.3) is 0 Å². The Morgan fingerprint density at radius 2 is 1.57 bits per heavy atom. The summed E-state index contributed by atoms with van der Waals surface area (Å²) in [5.41, 5.74) is 0.263. The van der Waals surface area contributed by atoms with Gasteiger partial charge in [0.1, 0.15) is 0 Å². The van der Waals surface area contributed by atoms with Crippen molar-refractivity contribution in [3.05, 3.63) is 11.6 Å². The van der Waals surface area contributed by atoms with Crippen molar-refractivity contribution in [3.63, 3.8) is 0 Å². The average molecular weight is 566 g/mol. The molecule has 0 saturated carbocycles. The molecule has 0 radical (unpaired) electrons. The van der Waals surface area contributed by atoms with Crippen molar-refractivity contribution in [2.45, 2.75) is 44.1 Å². The Hall–Kier alpha value is -2.17. The van der Waals surface area contributed by atoms with Crippen molar-refractivity contribution < 1.29 is 55.6 Å². The normalized spacial score (nSPS) is 23.8. The van der Waals surface area contributed by atoms with E-state index in [1.807, 2.05) is 6.20 Å². The number of rotatable bonds is 2. The molecule has 4 rings (SSSR count). The molecule has 212 valence electrons. The van der Waals surface area contributed by atoms with Crippen molar-refractivity contribution in [2.75, 3.05) is 57.5 Å². The van der Waals surface area contributed by atoms with Crippen LogP contribution in [0.5, 0.6) is 0 Å². The predicted molar refractivity (Wildman–Crippen MR) is 120 cm³/mol. The van der Waals surface area contributed by atoms with Gasteiger partial charge in [-0.05, 0) is 32.2 Å². The SMILES string of the molecule is O=C(O)C(F)(F)F.O=C(O)C(F)(F)F.c1csc(N2CCOCC3(CCCN(C4CCOCC4)C3)C2)n1. The lowest BCUT2D eigenvalue weighted by atomic mass is 9.79. The number of aliphatic carboxylic acids is 2. The maximum absolute atomic E-state index is 10.6. The molecule has 0 amide bonds. The molecule has 1 spiro atoms. The molecule has 0 aliphatic carbocycles. The highest BCUT2D eigenvalue weighted by Crippen LogP contribution is 2.36. The molecule has 3 fully saturated rings. The van der Waals surface area contributed by atoms with Crippen molar-refractivity contribution in [1.29, 1.82) is 0 Å². The Bertz CT molecular complexity index is 827. The van der Waals surface area contributed by atoms with Gasteiger partial charge in [0.15, 0.2) is 5.13 Å². The van der Waals surface area contributed by atoms with E-state index in [9.17, 15) is 26.3 Å². The van der Waals surface area contributed by atoms with Crippen LogP contribution in [0.25, 0.3) is 0 Å². The molecule has 0 aromatic carbocycles. The van der Waals surface area contributed by atoms with Crippen molar-refractivity contribution in [1.82, 2.24) is 9.88 Å². The third-order valence-corrected chi connectivity index (χ3v) is 6.85. The monoisotopic (exact) mass is 565 g/mol. The standard InChI is InChI=1S/C17H27N3O2S.2C2HF3O2/c1-4-17(12-19(6-1)15-2-8-21-9-3-15)13-20(7-10-22-14-17)16-18-5-11-23-16;2*3-2(4,5)1(6)7/h5,11,15H,1-4,6-10,12-14H2;2*(H,6,7). The molecule has 1 atom stereocenters. The number of hydrogen-bond acceptors (Lipinski definition) is 8. The fourth-order valence-corrected chi connectivity index (χ4v) is 5.05. The van der Waals surface area contributed by atoms with Crippen molar-refractivity contribution >= 4 is 28.4 Å². The molecule has 9 nitrogen and oxygen atoms in total.